The molecule has 0 fully saturated rings. The number of nitrogens with one attached hydrogen (secondary N) is 2. The predicted octanol–water partition coefficient (Wildman–Crippen LogP) is 4.40. The number of H-pyrrole nitrogens is 1. The van der Waals surface area contributed by atoms with Crippen molar-refractivity contribution in [2.45, 2.75) is 25.8 Å². The van der Waals surface area contributed by atoms with Gasteiger partial charge in [-0.15, -0.1) is 12.4 Å². The van der Waals surface area contributed by atoms with E-state index in [-0.39, 0.29) is 31.0 Å². The third-order valence-electron chi connectivity index (χ3n) is 4.88. The fourth-order valence-corrected chi connectivity index (χ4v) is 3.81. The van der Waals surface area contributed by atoms with Gasteiger partial charge in [-0.05, 0) is 42.5 Å². The molecule has 3 aromatic rings. The van der Waals surface area contributed by atoms with Crippen molar-refractivity contribution in [3.8, 4) is 11.3 Å². The van der Waals surface area contributed by atoms with Gasteiger partial charge in [-0.1, -0.05) is 42.5 Å². The Kier molecular flexibility index (Phi) is 5.64. The summed E-state index contributed by atoms with van der Waals surface area (Å²) in [6, 6.07) is 17.0. The number of ether oxygens (including phenoxy) is 1. The van der Waals surface area contributed by atoms with Crippen molar-refractivity contribution in [3.63, 3.8) is 0 Å². The van der Waals surface area contributed by atoms with E-state index >= 15 is 0 Å². The summed E-state index contributed by atoms with van der Waals surface area (Å²) in [6.45, 7) is 2.50. The van der Waals surface area contributed by atoms with Crippen LogP contribution in [0.4, 0.5) is 0 Å². The van der Waals surface area contributed by atoms with Crippen molar-refractivity contribution in [1.82, 2.24) is 10.3 Å². The summed E-state index contributed by atoms with van der Waals surface area (Å²) in [5, 5.41) is 4.67. The van der Waals surface area contributed by atoms with E-state index in [1.54, 1.807) is 0 Å². The quantitative estimate of drug-likeness (QED) is 0.654. The van der Waals surface area contributed by atoms with Gasteiger partial charge in [0.15, 0.2) is 0 Å². The predicted molar refractivity (Wildman–Crippen MR) is 107 cm³/mol. The number of aryl methyl sites for hydroxylation is 1. The van der Waals surface area contributed by atoms with E-state index in [1.807, 2.05) is 13.0 Å². The first-order chi connectivity index (χ1) is 12.3. The van der Waals surface area contributed by atoms with Crippen molar-refractivity contribution >= 4 is 29.3 Å². The highest BCUT2D eigenvalue weighted by Gasteiger charge is 2.25. The second kappa shape index (κ2) is 7.94. The third kappa shape index (κ3) is 3.35. The summed E-state index contributed by atoms with van der Waals surface area (Å²) < 4.78 is 5.03. The molecule has 1 unspecified atom stereocenters. The van der Waals surface area contributed by atoms with E-state index in [0.717, 1.165) is 18.4 Å². The monoisotopic (exact) mass is 370 g/mol. The second-order valence-electron chi connectivity index (χ2n) is 6.39. The number of halogens is 1. The summed E-state index contributed by atoms with van der Waals surface area (Å²) in [4.78, 5) is 15.3. The minimum Gasteiger partial charge on any atom is -0.465 e. The molecule has 2 aromatic carbocycles. The van der Waals surface area contributed by atoms with Crippen molar-refractivity contribution in [2.24, 2.45) is 0 Å². The van der Waals surface area contributed by atoms with Crippen LogP contribution in [-0.4, -0.2) is 24.1 Å². The zero-order valence-corrected chi connectivity index (χ0v) is 15.6. The first kappa shape index (κ1) is 18.5. The van der Waals surface area contributed by atoms with Crippen LogP contribution in [0.1, 0.15) is 30.5 Å². The lowest BCUT2D eigenvalue weighted by atomic mass is 9.87. The minimum atomic E-state index is -0.195. The molecule has 4 nitrogen and oxygen atoms in total. The van der Waals surface area contributed by atoms with Crippen LogP contribution in [0.25, 0.3) is 22.2 Å². The molecule has 0 radical (unpaired) electrons. The van der Waals surface area contributed by atoms with E-state index in [9.17, 15) is 4.79 Å². The average Bonchev–Trinajstić information content (AvgIpc) is 3.03. The third-order valence-corrected chi connectivity index (χ3v) is 4.88. The SMILES string of the molecule is CCOC(=O)CNC1CCc2c(-c3ccccc3)[nH]c3cccc1c23.Cl. The minimum absolute atomic E-state index is 0. The lowest BCUT2D eigenvalue weighted by Crippen LogP contribution is -2.30. The Hall–Kier alpha value is -2.30. The number of hydrogen-bond acceptors (Lipinski definition) is 3. The molecule has 26 heavy (non-hydrogen) atoms. The zero-order valence-electron chi connectivity index (χ0n) is 14.7. The Labute approximate surface area is 159 Å². The molecule has 0 spiro atoms. The van der Waals surface area contributed by atoms with Crippen molar-refractivity contribution in [3.05, 3.63) is 59.7 Å². The first-order valence-electron chi connectivity index (χ1n) is 8.85. The fourth-order valence-electron chi connectivity index (χ4n) is 3.81. The largest absolute Gasteiger partial charge is 0.465 e. The van der Waals surface area contributed by atoms with Gasteiger partial charge in [0, 0.05) is 22.6 Å². The maximum atomic E-state index is 11.7. The van der Waals surface area contributed by atoms with Gasteiger partial charge in [-0.3, -0.25) is 4.79 Å². The Morgan fingerprint density at radius 2 is 2.00 bits per heavy atom. The molecule has 0 bridgehead atoms. The maximum absolute atomic E-state index is 11.7. The highest BCUT2D eigenvalue weighted by molar-refractivity contribution is 5.94. The number of hydrogen-bond donors (Lipinski definition) is 2. The molecular weight excluding hydrogens is 348 g/mol. The van der Waals surface area contributed by atoms with Crippen LogP contribution < -0.4 is 5.32 Å². The number of aromatic nitrogens is 1. The van der Waals surface area contributed by atoms with Crippen LogP contribution in [-0.2, 0) is 16.0 Å². The summed E-state index contributed by atoms with van der Waals surface area (Å²) in [7, 11) is 0. The molecule has 136 valence electrons. The van der Waals surface area contributed by atoms with Crippen LogP contribution in [0.5, 0.6) is 0 Å². The zero-order chi connectivity index (χ0) is 17.2. The van der Waals surface area contributed by atoms with Gasteiger partial charge < -0.3 is 15.0 Å². The molecule has 5 heteroatoms. The van der Waals surface area contributed by atoms with Crippen molar-refractivity contribution in [2.75, 3.05) is 13.2 Å². The summed E-state index contributed by atoms with van der Waals surface area (Å²) in [6.07, 6.45) is 1.96. The van der Waals surface area contributed by atoms with Crippen LogP contribution in [0.3, 0.4) is 0 Å². The van der Waals surface area contributed by atoms with Gasteiger partial charge in [0.05, 0.1) is 13.2 Å². The number of aromatic amines is 1. The maximum Gasteiger partial charge on any atom is 0.319 e. The Morgan fingerprint density at radius 1 is 1.19 bits per heavy atom. The molecule has 1 heterocycles. The number of rotatable bonds is 5. The standard InChI is InChI=1S/C21H22N2O2.ClH/c1-2-25-19(24)13-22-17-12-11-16-20-15(17)9-6-10-18(20)23-21(16)14-7-4-3-5-8-14;/h3-10,17,22-23H,2,11-13H2,1H3;1H. The molecule has 0 saturated heterocycles. The summed E-state index contributed by atoms with van der Waals surface area (Å²) in [5.41, 5.74) is 6.24. The van der Waals surface area contributed by atoms with Crippen LogP contribution in [0.15, 0.2) is 48.5 Å². The highest BCUT2D eigenvalue weighted by Crippen LogP contribution is 2.40. The van der Waals surface area contributed by atoms with Gasteiger partial charge in [0.2, 0.25) is 0 Å². The van der Waals surface area contributed by atoms with E-state index in [1.165, 1.54) is 27.8 Å². The normalized spacial score (nSPS) is 15.5. The smallest absolute Gasteiger partial charge is 0.319 e. The molecule has 0 saturated carbocycles. The van der Waals surface area contributed by atoms with Gasteiger partial charge >= 0.3 is 5.97 Å². The molecule has 1 aliphatic carbocycles. The van der Waals surface area contributed by atoms with E-state index in [2.05, 4.69) is 52.8 Å². The van der Waals surface area contributed by atoms with Gasteiger partial charge in [-0.2, -0.15) is 0 Å². The Balaban J connectivity index is 0.00000196. The van der Waals surface area contributed by atoms with Crippen LogP contribution in [0, 0.1) is 0 Å². The van der Waals surface area contributed by atoms with Gasteiger partial charge in [0.25, 0.3) is 0 Å². The van der Waals surface area contributed by atoms with Gasteiger partial charge in [-0.25, -0.2) is 0 Å². The molecule has 1 atom stereocenters. The van der Waals surface area contributed by atoms with Crippen molar-refractivity contribution < 1.29 is 9.53 Å². The lowest BCUT2D eigenvalue weighted by molar-refractivity contribution is -0.142. The topological polar surface area (TPSA) is 54.1 Å². The second-order valence-corrected chi connectivity index (χ2v) is 6.39. The van der Waals surface area contributed by atoms with E-state index < -0.39 is 0 Å². The number of carbonyl (C=O) groups is 1. The first-order valence-corrected chi connectivity index (χ1v) is 8.85. The molecule has 2 N–H and O–H groups in total. The highest BCUT2D eigenvalue weighted by atomic mass is 35.5. The molecule has 4 rings (SSSR count). The molecule has 1 aromatic heterocycles. The Bertz CT molecular complexity index is 905. The van der Waals surface area contributed by atoms with Crippen LogP contribution >= 0.6 is 12.4 Å². The number of esters is 1. The molecule has 0 amide bonds. The lowest BCUT2D eigenvalue weighted by Gasteiger charge is -2.24. The summed E-state index contributed by atoms with van der Waals surface area (Å²) >= 11 is 0. The average molecular weight is 371 g/mol. The number of benzene rings is 2. The number of carbonyl (C=O) groups excluding carboxylic acids is 1. The van der Waals surface area contributed by atoms with E-state index in [4.69, 9.17) is 4.74 Å². The molecule has 0 aliphatic heterocycles. The van der Waals surface area contributed by atoms with Crippen LogP contribution in [0.2, 0.25) is 0 Å². The molecule has 1 aliphatic rings. The van der Waals surface area contributed by atoms with E-state index in [0.29, 0.717) is 6.61 Å². The van der Waals surface area contributed by atoms with Crippen molar-refractivity contribution in [1.29, 1.82) is 0 Å². The summed E-state index contributed by atoms with van der Waals surface area (Å²) in [5.74, 6) is -0.195. The Morgan fingerprint density at radius 3 is 2.77 bits per heavy atom. The van der Waals surface area contributed by atoms with Gasteiger partial charge in [0.1, 0.15) is 0 Å². The molecular formula is C21H23ClN2O2. The fraction of sp³-hybridized carbons (Fsp3) is 0.286.